The van der Waals surface area contributed by atoms with Gasteiger partial charge in [-0.1, -0.05) is 0 Å². The SMILES string of the molecule is NCC(=O)NC(OC(=O)CNO)C(=O)OC(=O)C(F)(F)F. The van der Waals surface area contributed by atoms with Gasteiger partial charge >= 0.3 is 24.1 Å². The molecule has 1 amide bonds. The van der Waals surface area contributed by atoms with Crippen molar-refractivity contribution in [1.82, 2.24) is 10.8 Å². The van der Waals surface area contributed by atoms with Gasteiger partial charge in [-0.15, -0.1) is 0 Å². The minimum Gasteiger partial charge on any atom is -0.429 e. The summed E-state index contributed by atoms with van der Waals surface area (Å²) < 4.78 is 43.3. The Morgan fingerprint density at radius 1 is 1.24 bits per heavy atom. The number of hydrogen-bond donors (Lipinski definition) is 4. The Labute approximate surface area is 114 Å². The van der Waals surface area contributed by atoms with Crippen LogP contribution in [0.25, 0.3) is 0 Å². The summed E-state index contributed by atoms with van der Waals surface area (Å²) in [5.41, 5.74) is 6.21. The van der Waals surface area contributed by atoms with Crippen LogP contribution in [0.4, 0.5) is 13.2 Å². The number of esters is 3. The Kier molecular flexibility index (Phi) is 7.26. The van der Waals surface area contributed by atoms with Crippen molar-refractivity contribution in [1.29, 1.82) is 0 Å². The van der Waals surface area contributed by atoms with Crippen LogP contribution in [0.5, 0.6) is 0 Å². The highest BCUT2D eigenvalue weighted by Gasteiger charge is 2.44. The highest BCUT2D eigenvalue weighted by molar-refractivity contribution is 5.93. The van der Waals surface area contributed by atoms with E-state index in [1.807, 2.05) is 0 Å². The van der Waals surface area contributed by atoms with E-state index in [-0.39, 0.29) is 0 Å². The van der Waals surface area contributed by atoms with Gasteiger partial charge in [-0.05, 0) is 0 Å². The minimum absolute atomic E-state index is 0.688. The molecule has 0 aliphatic carbocycles. The van der Waals surface area contributed by atoms with Gasteiger partial charge in [0, 0.05) is 0 Å². The molecule has 0 heterocycles. The first-order valence-electron chi connectivity index (χ1n) is 5.00. The number of hydrogen-bond acceptors (Lipinski definition) is 9. The quantitative estimate of drug-likeness (QED) is 0.180. The van der Waals surface area contributed by atoms with E-state index in [1.165, 1.54) is 5.48 Å². The maximum Gasteiger partial charge on any atom is 0.491 e. The van der Waals surface area contributed by atoms with Crippen molar-refractivity contribution in [2.75, 3.05) is 13.1 Å². The molecule has 5 N–H and O–H groups in total. The van der Waals surface area contributed by atoms with Crippen LogP contribution in [0.1, 0.15) is 0 Å². The first kappa shape index (κ1) is 18.8. The number of halogens is 3. The second kappa shape index (κ2) is 8.13. The molecule has 13 heteroatoms. The third-order valence-electron chi connectivity index (χ3n) is 1.59. The Morgan fingerprint density at radius 3 is 2.24 bits per heavy atom. The van der Waals surface area contributed by atoms with Crippen molar-refractivity contribution >= 4 is 23.8 Å². The van der Waals surface area contributed by atoms with Gasteiger partial charge in [-0.3, -0.25) is 9.59 Å². The molecule has 0 radical (unpaired) electrons. The van der Waals surface area contributed by atoms with E-state index >= 15 is 0 Å². The molecule has 0 saturated heterocycles. The smallest absolute Gasteiger partial charge is 0.429 e. The number of rotatable bonds is 6. The molecule has 0 aromatic carbocycles. The van der Waals surface area contributed by atoms with Crippen molar-refractivity contribution in [3.05, 3.63) is 0 Å². The van der Waals surface area contributed by atoms with Crippen LogP contribution in [-0.2, 0) is 28.7 Å². The van der Waals surface area contributed by atoms with E-state index in [2.05, 4.69) is 9.47 Å². The Bertz CT molecular complexity index is 426. The van der Waals surface area contributed by atoms with Crippen molar-refractivity contribution < 1.29 is 47.0 Å². The minimum atomic E-state index is -5.46. The number of amides is 1. The molecule has 1 atom stereocenters. The number of carbonyl (C=O) groups excluding carboxylic acids is 4. The van der Waals surface area contributed by atoms with Gasteiger partial charge in [0.05, 0.1) is 6.54 Å². The number of nitrogens with two attached hydrogens (primary N) is 1. The number of hydroxylamine groups is 1. The summed E-state index contributed by atoms with van der Waals surface area (Å²) in [6, 6.07) is 0. The van der Waals surface area contributed by atoms with Crippen LogP contribution in [0, 0.1) is 0 Å². The summed E-state index contributed by atoms with van der Waals surface area (Å²) in [4.78, 5) is 43.6. The second-order valence-corrected chi connectivity index (χ2v) is 3.18. The van der Waals surface area contributed by atoms with Crippen LogP contribution >= 0.6 is 0 Å². The highest BCUT2D eigenvalue weighted by Crippen LogP contribution is 2.16. The first-order chi connectivity index (χ1) is 9.61. The summed E-state index contributed by atoms with van der Waals surface area (Å²) in [6.45, 7) is -1.54. The first-order valence-corrected chi connectivity index (χ1v) is 5.00. The van der Waals surface area contributed by atoms with Crippen LogP contribution in [0.2, 0.25) is 0 Å². The van der Waals surface area contributed by atoms with E-state index in [0.717, 1.165) is 0 Å². The maximum absolute atomic E-state index is 11.9. The zero-order chi connectivity index (χ0) is 16.6. The Morgan fingerprint density at radius 2 is 1.81 bits per heavy atom. The van der Waals surface area contributed by atoms with Crippen molar-refractivity contribution in [2.45, 2.75) is 12.4 Å². The van der Waals surface area contributed by atoms with Crippen LogP contribution in [0.3, 0.4) is 0 Å². The molecule has 0 bridgehead atoms. The lowest BCUT2D eigenvalue weighted by Gasteiger charge is -2.17. The van der Waals surface area contributed by atoms with Crippen molar-refractivity contribution in [3.63, 3.8) is 0 Å². The Hall–Kier alpha value is -2.25. The molecule has 0 aromatic rings. The number of ether oxygens (including phenoxy) is 2. The molecule has 0 rings (SSSR count). The normalized spacial score (nSPS) is 12.2. The van der Waals surface area contributed by atoms with Crippen LogP contribution in [-0.4, -0.2) is 54.5 Å². The average Bonchev–Trinajstić information content (AvgIpc) is 2.36. The molecule has 0 aliphatic rings. The number of carbonyl (C=O) groups is 4. The van der Waals surface area contributed by atoms with Crippen LogP contribution < -0.4 is 16.5 Å². The van der Waals surface area contributed by atoms with Crippen molar-refractivity contribution in [2.24, 2.45) is 5.73 Å². The van der Waals surface area contributed by atoms with Crippen LogP contribution in [0.15, 0.2) is 0 Å². The summed E-state index contributed by atoms with van der Waals surface area (Å²) in [7, 11) is 0. The molecule has 0 aliphatic heterocycles. The van der Waals surface area contributed by atoms with Gasteiger partial charge < -0.3 is 25.7 Å². The molecule has 0 fully saturated rings. The third-order valence-corrected chi connectivity index (χ3v) is 1.59. The zero-order valence-corrected chi connectivity index (χ0v) is 10.1. The van der Waals surface area contributed by atoms with E-state index in [4.69, 9.17) is 10.9 Å². The summed E-state index contributed by atoms with van der Waals surface area (Å²) in [6.07, 6.45) is -7.80. The fourth-order valence-electron chi connectivity index (χ4n) is 0.782. The lowest BCUT2D eigenvalue weighted by molar-refractivity contribution is -0.206. The van der Waals surface area contributed by atoms with E-state index < -0.39 is 49.3 Å². The molecule has 0 saturated carbocycles. The third kappa shape index (κ3) is 7.19. The predicted molar refractivity (Wildman–Crippen MR) is 54.0 cm³/mol. The molecule has 21 heavy (non-hydrogen) atoms. The summed E-state index contributed by atoms with van der Waals surface area (Å²) in [5.74, 6) is -7.28. The second-order valence-electron chi connectivity index (χ2n) is 3.18. The molecular weight excluding hydrogens is 307 g/mol. The van der Waals surface area contributed by atoms with Gasteiger partial charge in [-0.25, -0.2) is 9.59 Å². The lowest BCUT2D eigenvalue weighted by Crippen LogP contribution is -2.49. The monoisotopic (exact) mass is 317 g/mol. The number of alkyl halides is 3. The molecular formula is C8H10F3N3O7. The maximum atomic E-state index is 11.9. The molecule has 0 spiro atoms. The molecule has 0 aromatic heterocycles. The average molecular weight is 317 g/mol. The summed E-state index contributed by atoms with van der Waals surface area (Å²) in [5, 5.41) is 9.79. The van der Waals surface area contributed by atoms with Crippen molar-refractivity contribution in [3.8, 4) is 0 Å². The molecule has 120 valence electrons. The largest absolute Gasteiger partial charge is 0.491 e. The molecule has 10 nitrogen and oxygen atoms in total. The summed E-state index contributed by atoms with van der Waals surface area (Å²) >= 11 is 0. The predicted octanol–water partition coefficient (Wildman–Crippen LogP) is -2.46. The highest BCUT2D eigenvalue weighted by atomic mass is 19.4. The fourth-order valence-corrected chi connectivity index (χ4v) is 0.782. The van der Waals surface area contributed by atoms with E-state index in [0.29, 0.717) is 0 Å². The number of nitrogens with one attached hydrogen (secondary N) is 2. The topological polar surface area (TPSA) is 157 Å². The van der Waals surface area contributed by atoms with Gasteiger partial charge in [0.15, 0.2) is 0 Å². The standard InChI is InChI=1S/C8H10F3N3O7/c9-8(10,11)7(18)21-6(17)5(14-3(15)1-12)20-4(16)2-13-19/h5,13,19H,1-2,12H2,(H,14,15). The fraction of sp³-hybridized carbons (Fsp3) is 0.500. The van der Waals surface area contributed by atoms with Gasteiger partial charge in [0.25, 0.3) is 6.23 Å². The van der Waals surface area contributed by atoms with Gasteiger partial charge in [0.1, 0.15) is 6.54 Å². The van der Waals surface area contributed by atoms with E-state index in [1.54, 1.807) is 5.32 Å². The van der Waals surface area contributed by atoms with E-state index in [9.17, 15) is 32.3 Å². The Balaban J connectivity index is 4.85. The lowest BCUT2D eigenvalue weighted by atomic mass is 10.5. The van der Waals surface area contributed by atoms with Gasteiger partial charge in [0.2, 0.25) is 5.91 Å². The molecule has 1 unspecified atom stereocenters. The zero-order valence-electron chi connectivity index (χ0n) is 10.1. The van der Waals surface area contributed by atoms with Gasteiger partial charge in [-0.2, -0.15) is 18.7 Å².